The molecular formula is C29H37N3O8. The highest BCUT2D eigenvalue weighted by Crippen LogP contribution is 2.43. The fraction of sp³-hybridized carbons (Fsp3) is 0.483. The first-order valence-corrected chi connectivity index (χ1v) is 13.4. The Hall–Kier alpha value is -3.83. The van der Waals surface area contributed by atoms with Crippen molar-refractivity contribution in [3.8, 4) is 11.5 Å². The van der Waals surface area contributed by atoms with Crippen LogP contribution in [-0.4, -0.2) is 97.8 Å². The molecule has 0 unspecified atom stereocenters. The van der Waals surface area contributed by atoms with Crippen molar-refractivity contribution < 1.29 is 38.4 Å². The number of carbonyl (C=O) groups excluding carboxylic acids is 3. The van der Waals surface area contributed by atoms with Gasteiger partial charge in [0.1, 0.15) is 11.5 Å². The van der Waals surface area contributed by atoms with Crippen molar-refractivity contribution in [1.82, 2.24) is 14.8 Å². The van der Waals surface area contributed by atoms with E-state index in [1.54, 1.807) is 39.0 Å². The number of aromatic amines is 1. The molecule has 216 valence electrons. The normalized spacial score (nSPS) is 19.2. The highest BCUT2D eigenvalue weighted by molar-refractivity contribution is 6.46. The SMILES string of the molecule is CCOC(=O)c1[nH]c(C)c(C(O)=C2C(=O)C(=O)N(CCCN3CCOCC3)[C@@H]2c2ccc(OC)c(OC)c2)c1C. The molecule has 40 heavy (non-hydrogen) atoms. The van der Waals surface area contributed by atoms with Crippen LogP contribution in [0, 0.1) is 13.8 Å². The number of nitrogens with one attached hydrogen (secondary N) is 1. The highest BCUT2D eigenvalue weighted by Gasteiger charge is 2.46. The number of H-pyrrole nitrogens is 1. The maximum Gasteiger partial charge on any atom is 0.355 e. The van der Waals surface area contributed by atoms with Crippen LogP contribution in [0.25, 0.3) is 5.76 Å². The van der Waals surface area contributed by atoms with Crippen LogP contribution in [0.1, 0.15) is 52.3 Å². The number of aliphatic hydroxyl groups is 1. The van der Waals surface area contributed by atoms with Gasteiger partial charge in [-0.25, -0.2) is 4.79 Å². The number of nitrogens with zero attached hydrogens (tertiary/aromatic N) is 2. The van der Waals surface area contributed by atoms with E-state index >= 15 is 0 Å². The maximum absolute atomic E-state index is 13.5. The number of hydrogen-bond acceptors (Lipinski definition) is 9. The van der Waals surface area contributed by atoms with Crippen molar-refractivity contribution in [1.29, 1.82) is 0 Å². The van der Waals surface area contributed by atoms with E-state index in [2.05, 4.69) is 9.88 Å². The second-order valence-corrected chi connectivity index (χ2v) is 9.76. The van der Waals surface area contributed by atoms with Gasteiger partial charge in [0.05, 0.1) is 45.7 Å². The first-order valence-electron chi connectivity index (χ1n) is 13.4. The Morgan fingerprint density at radius 3 is 2.45 bits per heavy atom. The Labute approximate surface area is 233 Å². The van der Waals surface area contributed by atoms with Gasteiger partial charge in [-0.05, 0) is 50.5 Å². The predicted octanol–water partition coefficient (Wildman–Crippen LogP) is 2.97. The number of aromatic nitrogens is 1. The number of ether oxygens (including phenoxy) is 4. The molecular weight excluding hydrogens is 518 g/mol. The van der Waals surface area contributed by atoms with E-state index in [-0.39, 0.29) is 23.6 Å². The largest absolute Gasteiger partial charge is 0.507 e. The number of aliphatic hydroxyl groups excluding tert-OH is 1. The summed E-state index contributed by atoms with van der Waals surface area (Å²) < 4.78 is 21.4. The number of hydrogen-bond donors (Lipinski definition) is 2. The third-order valence-electron chi connectivity index (χ3n) is 7.39. The van der Waals surface area contributed by atoms with E-state index in [4.69, 9.17) is 18.9 Å². The Balaban J connectivity index is 1.78. The van der Waals surface area contributed by atoms with Gasteiger partial charge in [0.2, 0.25) is 0 Å². The molecule has 3 heterocycles. The van der Waals surface area contributed by atoms with Crippen molar-refractivity contribution in [2.75, 3.05) is 60.2 Å². The average molecular weight is 556 g/mol. The molecule has 1 amide bonds. The predicted molar refractivity (Wildman–Crippen MR) is 147 cm³/mol. The number of rotatable bonds is 10. The van der Waals surface area contributed by atoms with Gasteiger partial charge in [0, 0.05) is 37.4 Å². The molecule has 2 aromatic rings. The molecule has 2 saturated heterocycles. The van der Waals surface area contributed by atoms with Gasteiger partial charge >= 0.3 is 5.97 Å². The summed E-state index contributed by atoms with van der Waals surface area (Å²) in [7, 11) is 3.03. The second-order valence-electron chi connectivity index (χ2n) is 9.76. The lowest BCUT2D eigenvalue weighted by molar-refractivity contribution is -0.140. The molecule has 1 aromatic carbocycles. The van der Waals surface area contributed by atoms with E-state index in [9.17, 15) is 19.5 Å². The van der Waals surface area contributed by atoms with Crippen LogP contribution in [0.5, 0.6) is 11.5 Å². The lowest BCUT2D eigenvalue weighted by Crippen LogP contribution is -2.39. The lowest BCUT2D eigenvalue weighted by atomic mass is 9.93. The van der Waals surface area contributed by atoms with Gasteiger partial charge in [-0.2, -0.15) is 0 Å². The van der Waals surface area contributed by atoms with Crippen LogP contribution in [0.2, 0.25) is 0 Å². The topological polar surface area (TPSA) is 131 Å². The number of ketones is 1. The first kappa shape index (κ1) is 29.2. The molecule has 1 aromatic heterocycles. The van der Waals surface area contributed by atoms with Crippen molar-refractivity contribution >= 4 is 23.4 Å². The number of benzene rings is 1. The zero-order chi connectivity index (χ0) is 29.0. The number of methoxy groups -OCH3 is 2. The zero-order valence-electron chi connectivity index (χ0n) is 23.7. The summed E-state index contributed by atoms with van der Waals surface area (Å²) in [6.07, 6.45) is 0.631. The molecule has 4 rings (SSSR count). The van der Waals surface area contributed by atoms with Crippen LogP contribution in [0.4, 0.5) is 0 Å². The van der Waals surface area contributed by atoms with E-state index in [0.717, 1.165) is 19.6 Å². The second kappa shape index (κ2) is 12.6. The molecule has 11 nitrogen and oxygen atoms in total. The van der Waals surface area contributed by atoms with Crippen LogP contribution < -0.4 is 9.47 Å². The van der Waals surface area contributed by atoms with Gasteiger partial charge < -0.3 is 33.9 Å². The summed E-state index contributed by atoms with van der Waals surface area (Å²) in [5.41, 5.74) is 1.91. The number of amides is 1. The van der Waals surface area contributed by atoms with E-state index in [1.165, 1.54) is 19.1 Å². The molecule has 0 spiro atoms. The van der Waals surface area contributed by atoms with Crippen LogP contribution in [0.15, 0.2) is 23.8 Å². The summed E-state index contributed by atoms with van der Waals surface area (Å²) >= 11 is 0. The minimum absolute atomic E-state index is 0.0517. The first-order chi connectivity index (χ1) is 19.2. The minimum Gasteiger partial charge on any atom is -0.507 e. The maximum atomic E-state index is 13.5. The molecule has 2 aliphatic rings. The minimum atomic E-state index is -0.871. The molecule has 0 saturated carbocycles. The molecule has 0 bridgehead atoms. The Kier molecular flexibility index (Phi) is 9.16. The zero-order valence-corrected chi connectivity index (χ0v) is 23.7. The molecule has 1 atom stereocenters. The summed E-state index contributed by atoms with van der Waals surface area (Å²) in [6.45, 7) is 9.24. The highest BCUT2D eigenvalue weighted by atomic mass is 16.5. The lowest BCUT2D eigenvalue weighted by Gasteiger charge is -2.29. The van der Waals surface area contributed by atoms with E-state index in [0.29, 0.717) is 60.1 Å². The van der Waals surface area contributed by atoms with Crippen LogP contribution >= 0.6 is 0 Å². The van der Waals surface area contributed by atoms with E-state index in [1.807, 2.05) is 0 Å². The fourth-order valence-corrected chi connectivity index (χ4v) is 5.42. The number of carbonyl (C=O) groups is 3. The van der Waals surface area contributed by atoms with Gasteiger partial charge in [-0.15, -0.1) is 0 Å². The summed E-state index contributed by atoms with van der Waals surface area (Å²) in [5, 5.41) is 11.6. The van der Waals surface area contributed by atoms with Gasteiger partial charge in [0.25, 0.3) is 11.7 Å². The van der Waals surface area contributed by atoms with Crippen LogP contribution in [-0.2, 0) is 19.1 Å². The third-order valence-corrected chi connectivity index (χ3v) is 7.39. The van der Waals surface area contributed by atoms with E-state index < -0.39 is 23.7 Å². The Bertz CT molecular complexity index is 1310. The average Bonchev–Trinajstić information content (AvgIpc) is 3.40. The number of likely N-dealkylation sites (tertiary alicyclic amines) is 1. The summed E-state index contributed by atoms with van der Waals surface area (Å²) in [4.78, 5) is 46.2. The van der Waals surface area contributed by atoms with Gasteiger partial charge in [-0.1, -0.05) is 6.07 Å². The van der Waals surface area contributed by atoms with Crippen molar-refractivity contribution in [3.05, 3.63) is 51.9 Å². The van der Waals surface area contributed by atoms with Crippen molar-refractivity contribution in [2.24, 2.45) is 0 Å². The molecule has 11 heteroatoms. The van der Waals surface area contributed by atoms with Crippen molar-refractivity contribution in [3.63, 3.8) is 0 Å². The molecule has 0 aliphatic carbocycles. The number of aryl methyl sites for hydroxylation is 1. The Morgan fingerprint density at radius 1 is 1.10 bits per heavy atom. The molecule has 2 fully saturated rings. The monoisotopic (exact) mass is 555 g/mol. The molecule has 2 aliphatic heterocycles. The molecule has 0 radical (unpaired) electrons. The van der Waals surface area contributed by atoms with Gasteiger partial charge in [0.15, 0.2) is 11.5 Å². The standard InChI is InChI=1S/C29H37N3O8/c1-6-40-29(36)24-17(2)22(18(3)30-24)26(33)23-25(19-8-9-20(37-4)21(16-19)38-5)32(28(35)27(23)34)11-7-10-31-12-14-39-15-13-31/h8-9,16,25,30,33H,6-7,10-15H2,1-5H3/t25-/m1/s1. The quantitative estimate of drug-likeness (QED) is 0.197. The smallest absolute Gasteiger partial charge is 0.355 e. The Morgan fingerprint density at radius 2 is 1.80 bits per heavy atom. The summed E-state index contributed by atoms with van der Waals surface area (Å²) in [6, 6.07) is 4.29. The fourth-order valence-electron chi connectivity index (χ4n) is 5.42. The number of esters is 1. The molecule has 2 N–H and O–H groups in total. The van der Waals surface area contributed by atoms with Crippen molar-refractivity contribution in [2.45, 2.75) is 33.2 Å². The summed E-state index contributed by atoms with van der Waals surface area (Å²) in [5.74, 6) is -1.48. The van der Waals surface area contributed by atoms with Crippen LogP contribution in [0.3, 0.4) is 0 Å². The number of morpholine rings is 1. The van der Waals surface area contributed by atoms with Gasteiger partial charge in [-0.3, -0.25) is 14.5 Å². The number of Topliss-reactive ketones (excluding diaryl/α,β-unsaturated/α-hetero) is 1. The third kappa shape index (κ3) is 5.57.